The molecule has 3 heterocycles. The van der Waals surface area contributed by atoms with Gasteiger partial charge in [-0.25, -0.2) is 9.69 Å². The summed E-state index contributed by atoms with van der Waals surface area (Å²) >= 11 is 0. The summed E-state index contributed by atoms with van der Waals surface area (Å²) in [5, 5.41) is 0. The molecule has 9 heteroatoms. The Bertz CT molecular complexity index is 1850. The van der Waals surface area contributed by atoms with Gasteiger partial charge in [-0.2, -0.15) is 0 Å². The molecule has 0 radical (unpaired) electrons. The van der Waals surface area contributed by atoms with E-state index in [1.165, 1.54) is 33.6 Å². The van der Waals surface area contributed by atoms with Crippen molar-refractivity contribution < 1.29 is 14.3 Å². The van der Waals surface area contributed by atoms with Gasteiger partial charge >= 0.3 is 6.09 Å². The van der Waals surface area contributed by atoms with Crippen LogP contribution in [0.1, 0.15) is 51.2 Å². The number of aliphatic imine (C=N–C) groups is 1. The fraction of sp³-hybridized carbons (Fsp3) is 0.341. The molecule has 6 rings (SSSR count). The summed E-state index contributed by atoms with van der Waals surface area (Å²) in [6.45, 7) is 8.43. The summed E-state index contributed by atoms with van der Waals surface area (Å²) in [6, 6.07) is 18.7. The molecule has 1 atom stereocenters. The van der Waals surface area contributed by atoms with Gasteiger partial charge in [0.15, 0.2) is 0 Å². The number of hydrogen-bond acceptors (Lipinski definition) is 7. The van der Waals surface area contributed by atoms with E-state index in [2.05, 4.69) is 106 Å². The second kappa shape index (κ2) is 15.9. The average Bonchev–Trinajstić information content (AvgIpc) is 3.55. The summed E-state index contributed by atoms with van der Waals surface area (Å²) in [6.07, 6.45) is 15.3. The van der Waals surface area contributed by atoms with Crippen molar-refractivity contribution in [2.45, 2.75) is 45.4 Å². The quantitative estimate of drug-likeness (QED) is 0.186. The van der Waals surface area contributed by atoms with Crippen LogP contribution in [-0.2, 0) is 14.9 Å². The van der Waals surface area contributed by atoms with Gasteiger partial charge in [-0.3, -0.25) is 14.7 Å². The molecule has 0 spiro atoms. The maximum Gasteiger partial charge on any atom is 0.418 e. The number of rotatable bonds is 11. The van der Waals surface area contributed by atoms with Gasteiger partial charge in [0.05, 0.1) is 5.69 Å². The van der Waals surface area contributed by atoms with Gasteiger partial charge in [-0.05, 0) is 71.5 Å². The number of anilines is 1. The molecule has 3 aliphatic heterocycles. The number of ether oxygens (including phenoxy) is 1. The first kappa shape index (κ1) is 35.8. The van der Waals surface area contributed by atoms with E-state index in [-0.39, 0.29) is 18.4 Å². The van der Waals surface area contributed by atoms with Crippen LogP contribution in [0, 0.1) is 5.92 Å². The van der Waals surface area contributed by atoms with E-state index in [1.54, 1.807) is 26.5 Å². The SMILES string of the molecule is CC1C(/C=C/C2=C(c3ccccc3)C(=C/C=C3/N(C(=O)OCCSSCCC(N)=O)c4ccccc4C3(C)C)/CN(C)C2)=NC2=C1C=CCC2. The minimum atomic E-state index is -0.427. The zero-order valence-corrected chi connectivity index (χ0v) is 31.0. The number of carbonyl (C=O) groups excluding carboxylic acids is 2. The summed E-state index contributed by atoms with van der Waals surface area (Å²) in [5.74, 6) is 1.23. The van der Waals surface area contributed by atoms with Crippen LogP contribution in [0.5, 0.6) is 0 Å². The van der Waals surface area contributed by atoms with Crippen LogP contribution in [0.15, 0.2) is 124 Å². The average molecular weight is 707 g/mol. The monoisotopic (exact) mass is 706 g/mol. The van der Waals surface area contributed by atoms with E-state index in [1.807, 2.05) is 18.2 Å². The van der Waals surface area contributed by atoms with Crippen LogP contribution in [0.4, 0.5) is 10.5 Å². The highest BCUT2D eigenvalue weighted by Crippen LogP contribution is 2.48. The normalized spacial score (nSPS) is 21.7. The number of para-hydroxylation sites is 1. The molecule has 0 saturated carbocycles. The van der Waals surface area contributed by atoms with Crippen molar-refractivity contribution in [2.24, 2.45) is 16.6 Å². The third kappa shape index (κ3) is 7.80. The molecule has 4 aliphatic rings. The summed E-state index contributed by atoms with van der Waals surface area (Å²) < 4.78 is 5.83. The third-order valence-corrected chi connectivity index (χ3v) is 12.0. The van der Waals surface area contributed by atoms with Crippen LogP contribution >= 0.6 is 21.6 Å². The second-order valence-electron chi connectivity index (χ2n) is 13.6. The second-order valence-corrected chi connectivity index (χ2v) is 16.3. The first-order valence-corrected chi connectivity index (χ1v) is 19.8. The number of nitrogens with zero attached hydrogens (tertiary/aromatic N) is 3. The van der Waals surface area contributed by atoms with Crippen molar-refractivity contribution in [3.05, 3.63) is 130 Å². The Kier molecular flexibility index (Phi) is 11.4. The van der Waals surface area contributed by atoms with Gasteiger partial charge in [-0.15, -0.1) is 0 Å². The molecular weight excluding hydrogens is 661 g/mol. The molecule has 1 unspecified atom stereocenters. The Balaban J connectivity index is 1.32. The van der Waals surface area contributed by atoms with Gasteiger partial charge in [0.25, 0.3) is 0 Å². The molecule has 0 bridgehead atoms. The fourth-order valence-electron chi connectivity index (χ4n) is 7.11. The Hall–Kier alpha value is -4.05. The molecule has 50 heavy (non-hydrogen) atoms. The zero-order chi connectivity index (χ0) is 35.3. The van der Waals surface area contributed by atoms with Crippen LogP contribution in [0.25, 0.3) is 5.57 Å². The maximum absolute atomic E-state index is 13.8. The number of amides is 2. The summed E-state index contributed by atoms with van der Waals surface area (Å²) in [5.41, 5.74) is 16.1. The van der Waals surface area contributed by atoms with E-state index in [0.29, 0.717) is 17.9 Å². The van der Waals surface area contributed by atoms with Crippen molar-refractivity contribution in [1.29, 1.82) is 0 Å². The number of fused-ring (bicyclic) bond motifs is 1. The van der Waals surface area contributed by atoms with Crippen molar-refractivity contribution >= 4 is 50.6 Å². The summed E-state index contributed by atoms with van der Waals surface area (Å²) in [7, 11) is 5.28. The molecule has 2 aromatic rings. The minimum absolute atomic E-state index is 0.265. The predicted molar refractivity (Wildman–Crippen MR) is 210 cm³/mol. The van der Waals surface area contributed by atoms with E-state index >= 15 is 0 Å². The minimum Gasteiger partial charge on any atom is -0.448 e. The van der Waals surface area contributed by atoms with Crippen molar-refractivity contribution in [3.8, 4) is 0 Å². The van der Waals surface area contributed by atoms with Gasteiger partial charge < -0.3 is 10.5 Å². The van der Waals surface area contributed by atoms with Crippen LogP contribution in [-0.4, -0.2) is 60.9 Å². The Labute approximate surface area is 304 Å². The number of likely N-dealkylation sites (N-methyl/N-ethyl adjacent to an activating group) is 1. The Morgan fingerprint density at radius 3 is 2.56 bits per heavy atom. The fourth-order valence-corrected chi connectivity index (χ4v) is 8.94. The smallest absolute Gasteiger partial charge is 0.418 e. The lowest BCUT2D eigenvalue weighted by Crippen LogP contribution is -2.33. The van der Waals surface area contributed by atoms with Gasteiger partial charge in [0, 0.05) is 59.5 Å². The standard InChI is InChI=1S/C41H46N4O3S2/c1-28-32-14-8-10-16-35(32)43-34(28)20-18-30-26-44(4)27-31(39(30)29-12-6-5-7-13-29)19-21-37-41(2,3)33-15-9-11-17-36(33)45(37)40(47)48-23-25-50-49-24-22-38(42)46/h5-9,11-15,17-21,28H,10,16,22-27H2,1-4H3,(H2,42,46)/b20-18+,31-19+,37-21+. The van der Waals surface area contributed by atoms with Crippen molar-refractivity contribution in [2.75, 3.05) is 43.1 Å². The number of allylic oxidation sites excluding steroid dienone is 8. The third-order valence-electron chi connectivity index (χ3n) is 9.62. The van der Waals surface area contributed by atoms with E-state index in [0.717, 1.165) is 48.6 Å². The molecule has 2 N–H and O–H groups in total. The van der Waals surface area contributed by atoms with E-state index in [4.69, 9.17) is 15.5 Å². The Morgan fingerprint density at radius 1 is 1.02 bits per heavy atom. The lowest BCUT2D eigenvalue weighted by molar-refractivity contribution is -0.117. The number of primary amides is 1. The molecule has 0 fully saturated rings. The first-order chi connectivity index (χ1) is 24.1. The molecule has 2 amide bonds. The molecule has 7 nitrogen and oxygen atoms in total. The van der Waals surface area contributed by atoms with Gasteiger partial charge in [-0.1, -0.05) is 115 Å². The first-order valence-electron chi connectivity index (χ1n) is 17.3. The van der Waals surface area contributed by atoms with Crippen LogP contribution in [0.2, 0.25) is 0 Å². The number of benzene rings is 2. The van der Waals surface area contributed by atoms with Crippen LogP contribution in [0.3, 0.4) is 0 Å². The highest BCUT2D eigenvalue weighted by molar-refractivity contribution is 8.76. The van der Waals surface area contributed by atoms with Gasteiger partial charge in [0.2, 0.25) is 5.91 Å². The molecule has 2 aromatic carbocycles. The number of carbonyl (C=O) groups is 2. The lowest BCUT2D eigenvalue weighted by Gasteiger charge is -2.30. The molecular formula is C41H46N4O3S2. The summed E-state index contributed by atoms with van der Waals surface area (Å²) in [4.78, 5) is 33.9. The maximum atomic E-state index is 13.8. The molecule has 0 saturated heterocycles. The highest BCUT2D eigenvalue weighted by Gasteiger charge is 2.43. The predicted octanol–water partition coefficient (Wildman–Crippen LogP) is 8.64. The van der Waals surface area contributed by atoms with E-state index in [9.17, 15) is 9.59 Å². The van der Waals surface area contributed by atoms with Crippen molar-refractivity contribution in [3.63, 3.8) is 0 Å². The number of nitrogens with two attached hydrogens (primary N) is 1. The zero-order valence-electron chi connectivity index (χ0n) is 29.4. The van der Waals surface area contributed by atoms with Crippen molar-refractivity contribution in [1.82, 2.24) is 4.90 Å². The topological polar surface area (TPSA) is 88.2 Å². The Morgan fingerprint density at radius 2 is 1.78 bits per heavy atom. The molecule has 1 aliphatic carbocycles. The largest absolute Gasteiger partial charge is 0.448 e. The lowest BCUT2D eigenvalue weighted by atomic mass is 9.83. The van der Waals surface area contributed by atoms with E-state index < -0.39 is 11.5 Å². The van der Waals surface area contributed by atoms with Crippen LogP contribution < -0.4 is 10.6 Å². The molecule has 260 valence electrons. The number of hydrogen-bond donors (Lipinski definition) is 1. The highest BCUT2D eigenvalue weighted by atomic mass is 33.1. The molecule has 0 aromatic heterocycles. The van der Waals surface area contributed by atoms with Gasteiger partial charge in [0.1, 0.15) is 6.61 Å².